The predicted molar refractivity (Wildman–Crippen MR) is 97.8 cm³/mol. The zero-order valence-electron chi connectivity index (χ0n) is 14.4. The summed E-state index contributed by atoms with van der Waals surface area (Å²) in [5.74, 6) is -0.0625. The maximum Gasteiger partial charge on any atom is 0.155 e. The number of hydrogen-bond donors (Lipinski definition) is 1. The van der Waals surface area contributed by atoms with Crippen LogP contribution in [0.15, 0.2) is 66.4 Å². The van der Waals surface area contributed by atoms with Crippen molar-refractivity contribution in [2.24, 2.45) is 0 Å². The summed E-state index contributed by atoms with van der Waals surface area (Å²) in [4.78, 5) is 14.7. The summed E-state index contributed by atoms with van der Waals surface area (Å²) in [6.45, 7) is 4.97. The van der Waals surface area contributed by atoms with Crippen molar-refractivity contribution in [1.29, 1.82) is 0 Å². The number of ketones is 1. The molecule has 1 heterocycles. The number of rotatable bonds is 2. The first-order chi connectivity index (χ1) is 11.5. The molecule has 1 radical (unpaired) electrons. The zero-order valence-corrected chi connectivity index (χ0v) is 16.8. The third-order valence-corrected chi connectivity index (χ3v) is 3.32. The minimum absolute atomic E-state index is 0. The maximum atomic E-state index is 10.0. The van der Waals surface area contributed by atoms with Crippen LogP contribution in [0.25, 0.3) is 22.2 Å². The largest absolute Gasteiger partial charge is 0.512 e. The SMILES string of the molecule is CC(=O)/C=C(/C)O.Cc1cc(-c2[c-]cccc2)nc2ccccc12.[Ir]. The van der Waals surface area contributed by atoms with E-state index in [1.807, 2.05) is 36.4 Å². The van der Waals surface area contributed by atoms with Gasteiger partial charge in [0.05, 0.1) is 11.3 Å². The topological polar surface area (TPSA) is 50.2 Å². The second-order valence-electron chi connectivity index (χ2n) is 5.51. The molecule has 0 atom stereocenters. The summed E-state index contributed by atoms with van der Waals surface area (Å²) in [5, 5.41) is 9.58. The van der Waals surface area contributed by atoms with Crippen LogP contribution in [0.4, 0.5) is 0 Å². The van der Waals surface area contributed by atoms with E-state index in [1.165, 1.54) is 30.9 Å². The van der Waals surface area contributed by atoms with Gasteiger partial charge in [-0.25, -0.2) is 0 Å². The third kappa shape index (κ3) is 6.26. The molecule has 0 aliphatic heterocycles. The molecule has 0 aliphatic carbocycles. The number of fused-ring (bicyclic) bond motifs is 1. The first-order valence-electron chi connectivity index (χ1n) is 7.68. The Morgan fingerprint density at radius 3 is 2.36 bits per heavy atom. The van der Waals surface area contributed by atoms with Crippen LogP contribution in [-0.4, -0.2) is 15.9 Å². The molecule has 3 nitrogen and oxygen atoms in total. The van der Waals surface area contributed by atoms with Crippen molar-refractivity contribution in [2.45, 2.75) is 20.8 Å². The second-order valence-corrected chi connectivity index (χ2v) is 5.51. The van der Waals surface area contributed by atoms with Gasteiger partial charge in [0.15, 0.2) is 5.78 Å². The van der Waals surface area contributed by atoms with Crippen LogP contribution >= 0.6 is 0 Å². The van der Waals surface area contributed by atoms with E-state index in [0.717, 1.165) is 16.8 Å². The van der Waals surface area contributed by atoms with Gasteiger partial charge >= 0.3 is 0 Å². The van der Waals surface area contributed by atoms with Gasteiger partial charge in [-0.2, -0.15) is 0 Å². The van der Waals surface area contributed by atoms with Gasteiger partial charge in [-0.3, -0.25) is 9.78 Å². The van der Waals surface area contributed by atoms with Gasteiger partial charge < -0.3 is 5.11 Å². The predicted octanol–water partition coefficient (Wildman–Crippen LogP) is 5.05. The van der Waals surface area contributed by atoms with E-state index in [9.17, 15) is 4.79 Å². The van der Waals surface area contributed by atoms with Gasteiger partial charge in [0.25, 0.3) is 0 Å². The molecule has 3 rings (SSSR count). The molecule has 0 aliphatic rings. The number of para-hydroxylation sites is 1. The maximum absolute atomic E-state index is 10.0. The van der Waals surface area contributed by atoms with Crippen LogP contribution in [0.1, 0.15) is 19.4 Å². The van der Waals surface area contributed by atoms with Crippen molar-refractivity contribution in [3.8, 4) is 11.3 Å². The monoisotopic (exact) mass is 511 g/mol. The van der Waals surface area contributed by atoms with E-state index < -0.39 is 0 Å². The molecule has 0 bridgehead atoms. The number of benzene rings is 2. The molecular weight excluding hydrogens is 490 g/mol. The van der Waals surface area contributed by atoms with E-state index in [4.69, 9.17) is 5.11 Å². The number of hydrogen-bond acceptors (Lipinski definition) is 3. The van der Waals surface area contributed by atoms with Gasteiger partial charge in [-0.15, -0.1) is 35.9 Å². The molecule has 3 aromatic rings. The number of aliphatic hydroxyl groups is 1. The molecule has 0 unspecified atom stereocenters. The number of nitrogens with zero attached hydrogens (tertiary/aromatic N) is 1. The van der Waals surface area contributed by atoms with E-state index in [-0.39, 0.29) is 31.6 Å². The first kappa shape index (κ1) is 20.8. The average molecular weight is 511 g/mol. The van der Waals surface area contributed by atoms with Crippen LogP contribution in [0, 0.1) is 13.0 Å². The fourth-order valence-electron chi connectivity index (χ4n) is 2.33. The molecule has 0 saturated carbocycles. The third-order valence-electron chi connectivity index (χ3n) is 3.32. The van der Waals surface area contributed by atoms with Crippen molar-refractivity contribution in [3.05, 3.63) is 78.1 Å². The van der Waals surface area contributed by atoms with E-state index >= 15 is 0 Å². The molecule has 0 spiro atoms. The summed E-state index contributed by atoms with van der Waals surface area (Å²) in [7, 11) is 0. The van der Waals surface area contributed by atoms with Crippen molar-refractivity contribution >= 4 is 16.7 Å². The standard InChI is InChI=1S/C16H12N.C5H8O2.Ir/c1-12-11-16(13-7-3-2-4-8-13)17-15-10-6-5-9-14(12)15;1-4(6)3-5(2)7;/h2-7,9-11H,1H3;3,6H,1-2H3;/q-1;;/b;4-3-;. The van der Waals surface area contributed by atoms with Gasteiger partial charge in [0.2, 0.25) is 0 Å². The fraction of sp³-hybridized carbons (Fsp3) is 0.143. The number of carbonyl (C=O) groups excluding carboxylic acids is 1. The normalized spacial score (nSPS) is 10.4. The average Bonchev–Trinajstić information content (AvgIpc) is 2.55. The van der Waals surface area contributed by atoms with Gasteiger partial charge in [-0.1, -0.05) is 24.3 Å². The summed E-state index contributed by atoms with van der Waals surface area (Å²) >= 11 is 0. The second kappa shape index (κ2) is 9.87. The molecule has 1 N–H and O–H groups in total. The molecule has 0 amide bonds. The van der Waals surface area contributed by atoms with E-state index in [0.29, 0.717) is 0 Å². The molecular formula is C21H20IrNO2-. The quantitative estimate of drug-likeness (QED) is 0.298. The van der Waals surface area contributed by atoms with Crippen molar-refractivity contribution in [1.82, 2.24) is 4.98 Å². The zero-order chi connectivity index (χ0) is 17.5. The minimum Gasteiger partial charge on any atom is -0.512 e. The van der Waals surface area contributed by atoms with Crippen LogP contribution < -0.4 is 0 Å². The van der Waals surface area contributed by atoms with Crippen molar-refractivity contribution < 1.29 is 30.0 Å². The smallest absolute Gasteiger partial charge is 0.155 e. The van der Waals surface area contributed by atoms with Crippen LogP contribution in [0.3, 0.4) is 0 Å². The number of allylic oxidation sites excluding steroid dienone is 2. The van der Waals surface area contributed by atoms with Crippen LogP contribution in [0.2, 0.25) is 0 Å². The Morgan fingerprint density at radius 2 is 1.80 bits per heavy atom. The summed E-state index contributed by atoms with van der Waals surface area (Å²) in [5.41, 5.74) is 4.32. The molecule has 2 aromatic carbocycles. The van der Waals surface area contributed by atoms with Gasteiger partial charge in [0, 0.05) is 31.6 Å². The fourth-order valence-corrected chi connectivity index (χ4v) is 2.33. The Balaban J connectivity index is 0.000000339. The molecule has 1 aromatic heterocycles. The molecule has 25 heavy (non-hydrogen) atoms. The Hall–Kier alpha value is -2.29. The number of pyridine rings is 1. The molecule has 4 heteroatoms. The van der Waals surface area contributed by atoms with Gasteiger partial charge in [-0.05, 0) is 38.1 Å². The van der Waals surface area contributed by atoms with Crippen molar-refractivity contribution in [3.63, 3.8) is 0 Å². The van der Waals surface area contributed by atoms with Crippen LogP contribution in [0.5, 0.6) is 0 Å². The number of carbonyl (C=O) groups is 1. The van der Waals surface area contributed by atoms with Crippen LogP contribution in [-0.2, 0) is 24.9 Å². The summed E-state index contributed by atoms with van der Waals surface area (Å²) in [6.07, 6.45) is 1.17. The minimum atomic E-state index is -0.125. The Bertz CT molecular complexity index is 869. The molecule has 131 valence electrons. The first-order valence-corrected chi connectivity index (χ1v) is 7.68. The Labute approximate surface area is 161 Å². The van der Waals surface area contributed by atoms with Gasteiger partial charge in [0.1, 0.15) is 0 Å². The number of aromatic nitrogens is 1. The van der Waals surface area contributed by atoms with E-state index in [1.54, 1.807) is 0 Å². The molecule has 0 saturated heterocycles. The van der Waals surface area contributed by atoms with E-state index in [2.05, 4.69) is 36.2 Å². The summed E-state index contributed by atoms with van der Waals surface area (Å²) in [6, 6.07) is 21.5. The number of aliphatic hydroxyl groups excluding tert-OH is 1. The number of aryl methyl sites for hydroxylation is 1. The van der Waals surface area contributed by atoms with Crippen molar-refractivity contribution in [2.75, 3.05) is 0 Å². The summed E-state index contributed by atoms with van der Waals surface area (Å²) < 4.78 is 0. The Morgan fingerprint density at radius 1 is 1.12 bits per heavy atom. The molecule has 0 fully saturated rings. The Kier molecular flexibility index (Phi) is 8.20.